The second kappa shape index (κ2) is 7.83. The fourth-order valence-corrected chi connectivity index (χ4v) is 5.09. The highest BCUT2D eigenvalue weighted by Crippen LogP contribution is 2.34. The predicted molar refractivity (Wildman–Crippen MR) is 95.8 cm³/mol. The molecule has 5 heteroatoms. The maximum absolute atomic E-state index is 13.2. The smallest absolute Gasteiger partial charge is 0.306 e. The van der Waals surface area contributed by atoms with Crippen LogP contribution in [0.5, 0.6) is 0 Å². The van der Waals surface area contributed by atoms with Gasteiger partial charge < -0.3 is 4.74 Å². The van der Waals surface area contributed by atoms with Gasteiger partial charge in [0.25, 0.3) is 0 Å². The lowest BCUT2D eigenvalue weighted by Gasteiger charge is -2.25. The SMILES string of the molecule is O=C1CCCC(CCC(c2ccccc2)S(=O)(=O)c2ccccc2)O1. The maximum Gasteiger partial charge on any atom is 0.306 e. The van der Waals surface area contributed by atoms with E-state index in [-0.39, 0.29) is 12.1 Å². The molecule has 0 amide bonds. The molecule has 2 aromatic rings. The third-order valence-electron chi connectivity index (χ3n) is 4.57. The lowest BCUT2D eigenvalue weighted by Crippen LogP contribution is -2.25. The van der Waals surface area contributed by atoms with Gasteiger partial charge in [0.15, 0.2) is 9.84 Å². The van der Waals surface area contributed by atoms with Crippen molar-refractivity contribution in [2.45, 2.75) is 48.4 Å². The van der Waals surface area contributed by atoms with Crippen LogP contribution in [0.3, 0.4) is 0 Å². The van der Waals surface area contributed by atoms with Crippen LogP contribution in [-0.4, -0.2) is 20.5 Å². The summed E-state index contributed by atoms with van der Waals surface area (Å²) in [6.45, 7) is 0. The molecule has 25 heavy (non-hydrogen) atoms. The number of ether oxygens (including phenoxy) is 1. The van der Waals surface area contributed by atoms with Crippen LogP contribution in [0.1, 0.15) is 42.9 Å². The first kappa shape index (κ1) is 17.7. The normalized spacial score (nSPS) is 19.2. The Morgan fingerprint density at radius 1 is 1.00 bits per heavy atom. The van der Waals surface area contributed by atoms with E-state index in [2.05, 4.69) is 0 Å². The number of esters is 1. The molecule has 0 bridgehead atoms. The van der Waals surface area contributed by atoms with Gasteiger partial charge in [-0.25, -0.2) is 8.42 Å². The number of carbonyl (C=O) groups excluding carboxylic acids is 1. The summed E-state index contributed by atoms with van der Waals surface area (Å²) in [5, 5.41) is -0.642. The first-order valence-corrected chi connectivity index (χ1v) is 10.2. The van der Waals surface area contributed by atoms with Gasteiger partial charge in [-0.15, -0.1) is 0 Å². The van der Waals surface area contributed by atoms with Crippen molar-refractivity contribution in [3.05, 3.63) is 66.2 Å². The van der Waals surface area contributed by atoms with Crippen molar-refractivity contribution < 1.29 is 17.9 Å². The van der Waals surface area contributed by atoms with Crippen LogP contribution < -0.4 is 0 Å². The zero-order valence-corrected chi connectivity index (χ0v) is 14.8. The molecule has 2 aromatic carbocycles. The summed E-state index contributed by atoms with van der Waals surface area (Å²) in [5.74, 6) is -0.182. The first-order chi connectivity index (χ1) is 12.1. The summed E-state index contributed by atoms with van der Waals surface area (Å²) in [5.41, 5.74) is 0.772. The molecule has 1 aliphatic heterocycles. The molecular weight excluding hydrogens is 336 g/mol. The standard InChI is InChI=1S/C20H22O4S/c21-20-13-7-10-17(24-20)14-15-19(16-8-3-1-4-9-16)25(22,23)18-11-5-2-6-12-18/h1-6,8-9,11-12,17,19H,7,10,13-15H2. The highest BCUT2D eigenvalue weighted by atomic mass is 32.2. The average molecular weight is 358 g/mol. The lowest BCUT2D eigenvalue weighted by molar-refractivity contribution is -0.154. The molecule has 0 radical (unpaired) electrons. The van der Waals surface area contributed by atoms with E-state index in [4.69, 9.17) is 4.74 Å². The average Bonchev–Trinajstić information content (AvgIpc) is 2.63. The van der Waals surface area contributed by atoms with E-state index >= 15 is 0 Å². The Bertz CT molecular complexity index is 800. The quantitative estimate of drug-likeness (QED) is 0.730. The van der Waals surface area contributed by atoms with Crippen LogP contribution in [0.2, 0.25) is 0 Å². The fraction of sp³-hybridized carbons (Fsp3) is 0.350. The van der Waals surface area contributed by atoms with Crippen LogP contribution in [0.4, 0.5) is 0 Å². The summed E-state index contributed by atoms with van der Waals surface area (Å²) in [6.07, 6.45) is 2.87. The van der Waals surface area contributed by atoms with E-state index in [1.807, 2.05) is 30.3 Å². The van der Waals surface area contributed by atoms with Gasteiger partial charge >= 0.3 is 5.97 Å². The molecule has 2 atom stereocenters. The zero-order valence-electron chi connectivity index (χ0n) is 14.0. The van der Waals surface area contributed by atoms with Crippen molar-refractivity contribution in [1.29, 1.82) is 0 Å². The largest absolute Gasteiger partial charge is 0.462 e. The van der Waals surface area contributed by atoms with Crippen LogP contribution in [0, 0.1) is 0 Å². The number of carbonyl (C=O) groups is 1. The van der Waals surface area contributed by atoms with Crippen molar-refractivity contribution in [2.75, 3.05) is 0 Å². The molecule has 1 heterocycles. The minimum Gasteiger partial charge on any atom is -0.462 e. The molecule has 0 spiro atoms. The highest BCUT2D eigenvalue weighted by molar-refractivity contribution is 7.91. The van der Waals surface area contributed by atoms with Gasteiger partial charge in [0.05, 0.1) is 10.1 Å². The minimum atomic E-state index is -3.51. The molecule has 0 N–H and O–H groups in total. The Morgan fingerprint density at radius 3 is 2.28 bits per heavy atom. The van der Waals surface area contributed by atoms with Crippen LogP contribution in [0.25, 0.3) is 0 Å². The Balaban J connectivity index is 1.84. The van der Waals surface area contributed by atoms with Gasteiger partial charge in [-0.1, -0.05) is 48.5 Å². The lowest BCUT2D eigenvalue weighted by atomic mass is 10.0. The van der Waals surface area contributed by atoms with Gasteiger partial charge in [0.1, 0.15) is 6.10 Å². The molecule has 3 rings (SSSR count). The molecular formula is C20H22O4S. The Morgan fingerprint density at radius 2 is 1.64 bits per heavy atom. The van der Waals surface area contributed by atoms with Crippen molar-refractivity contribution in [3.63, 3.8) is 0 Å². The number of benzene rings is 2. The van der Waals surface area contributed by atoms with E-state index in [0.717, 1.165) is 18.4 Å². The van der Waals surface area contributed by atoms with Gasteiger partial charge in [0.2, 0.25) is 0 Å². The molecule has 0 aliphatic carbocycles. The van der Waals surface area contributed by atoms with E-state index in [1.165, 1.54) is 0 Å². The molecule has 1 aliphatic rings. The fourth-order valence-electron chi connectivity index (χ4n) is 3.26. The molecule has 0 saturated carbocycles. The van der Waals surface area contributed by atoms with Crippen LogP contribution in [-0.2, 0) is 19.4 Å². The van der Waals surface area contributed by atoms with Crippen molar-refractivity contribution >= 4 is 15.8 Å². The molecule has 132 valence electrons. The Labute approximate surface area is 148 Å². The molecule has 0 aromatic heterocycles. The van der Waals surface area contributed by atoms with Crippen LogP contribution in [0.15, 0.2) is 65.6 Å². The molecule has 1 saturated heterocycles. The number of hydrogen-bond acceptors (Lipinski definition) is 4. The van der Waals surface area contributed by atoms with E-state index in [9.17, 15) is 13.2 Å². The van der Waals surface area contributed by atoms with E-state index in [1.54, 1.807) is 30.3 Å². The van der Waals surface area contributed by atoms with Crippen molar-refractivity contribution in [2.24, 2.45) is 0 Å². The van der Waals surface area contributed by atoms with E-state index < -0.39 is 15.1 Å². The summed E-state index contributed by atoms with van der Waals surface area (Å²) < 4.78 is 31.7. The highest BCUT2D eigenvalue weighted by Gasteiger charge is 2.30. The molecule has 1 fully saturated rings. The number of rotatable bonds is 6. The molecule has 4 nitrogen and oxygen atoms in total. The second-order valence-electron chi connectivity index (χ2n) is 6.34. The maximum atomic E-state index is 13.2. The second-order valence-corrected chi connectivity index (χ2v) is 8.47. The monoisotopic (exact) mass is 358 g/mol. The molecule has 2 unspecified atom stereocenters. The topological polar surface area (TPSA) is 60.4 Å². The third kappa shape index (κ3) is 4.28. The predicted octanol–water partition coefficient (Wildman–Crippen LogP) is 4.08. The summed E-state index contributed by atoms with van der Waals surface area (Å²) in [7, 11) is -3.51. The third-order valence-corrected chi connectivity index (χ3v) is 6.76. The summed E-state index contributed by atoms with van der Waals surface area (Å²) >= 11 is 0. The van der Waals surface area contributed by atoms with Crippen LogP contribution >= 0.6 is 0 Å². The van der Waals surface area contributed by atoms with Crippen molar-refractivity contribution in [1.82, 2.24) is 0 Å². The zero-order chi connectivity index (χ0) is 17.7. The van der Waals surface area contributed by atoms with Gasteiger partial charge in [-0.2, -0.15) is 0 Å². The number of cyclic esters (lactones) is 1. The summed E-state index contributed by atoms with van der Waals surface area (Å²) in [6, 6.07) is 17.8. The number of hydrogen-bond donors (Lipinski definition) is 0. The Hall–Kier alpha value is -2.14. The first-order valence-electron chi connectivity index (χ1n) is 8.61. The Kier molecular flexibility index (Phi) is 5.53. The van der Waals surface area contributed by atoms with Gasteiger partial charge in [-0.3, -0.25) is 4.79 Å². The minimum absolute atomic E-state index is 0.182. The van der Waals surface area contributed by atoms with Crippen molar-refractivity contribution in [3.8, 4) is 0 Å². The van der Waals surface area contributed by atoms with E-state index in [0.29, 0.717) is 24.2 Å². The van der Waals surface area contributed by atoms with Gasteiger partial charge in [-0.05, 0) is 43.4 Å². The van der Waals surface area contributed by atoms with Gasteiger partial charge in [0, 0.05) is 6.42 Å². The summed E-state index contributed by atoms with van der Waals surface area (Å²) in [4.78, 5) is 11.8. The number of sulfone groups is 1.